The van der Waals surface area contributed by atoms with E-state index in [4.69, 9.17) is 16.7 Å². The van der Waals surface area contributed by atoms with Crippen LogP contribution in [0.1, 0.15) is 5.56 Å². The molecule has 1 aromatic heterocycles. The van der Waals surface area contributed by atoms with E-state index in [9.17, 15) is 0 Å². The summed E-state index contributed by atoms with van der Waals surface area (Å²) in [5.74, 6) is 0. The lowest BCUT2D eigenvalue weighted by Gasteiger charge is -2.17. The maximum absolute atomic E-state index is 8.98. The van der Waals surface area contributed by atoms with Gasteiger partial charge >= 0.3 is 0 Å². The van der Waals surface area contributed by atoms with E-state index in [1.165, 1.54) is 0 Å². The van der Waals surface area contributed by atoms with Gasteiger partial charge in [-0.1, -0.05) is 23.7 Å². The molecule has 0 fully saturated rings. The average molecular weight is 355 g/mol. The number of hydrazone groups is 1. The topological polar surface area (TPSA) is 60.8 Å². The minimum absolute atomic E-state index is 0.134. The SMILES string of the molecule is CN(CCO)c1ccc(/C=N/Nc2ccnc3cc(Cl)ccc23)cc1. The monoisotopic (exact) mass is 354 g/mol. The number of nitrogens with zero attached hydrogens (tertiary/aromatic N) is 3. The first kappa shape index (κ1) is 17.2. The molecule has 0 aliphatic heterocycles. The molecule has 0 bridgehead atoms. The van der Waals surface area contributed by atoms with E-state index in [1.54, 1.807) is 12.4 Å². The zero-order valence-corrected chi connectivity index (χ0v) is 14.6. The van der Waals surface area contributed by atoms with Crippen LogP contribution in [0, 0.1) is 0 Å². The van der Waals surface area contributed by atoms with Gasteiger partial charge in [-0.25, -0.2) is 0 Å². The number of rotatable bonds is 6. The van der Waals surface area contributed by atoms with Gasteiger partial charge in [0.2, 0.25) is 0 Å². The van der Waals surface area contributed by atoms with Crippen LogP contribution < -0.4 is 10.3 Å². The van der Waals surface area contributed by atoms with Crippen molar-refractivity contribution in [3.63, 3.8) is 0 Å². The highest BCUT2D eigenvalue weighted by atomic mass is 35.5. The summed E-state index contributed by atoms with van der Waals surface area (Å²) in [7, 11) is 1.95. The molecular formula is C19H19ClN4O. The maximum atomic E-state index is 8.98. The average Bonchev–Trinajstić information content (AvgIpc) is 2.62. The molecule has 1 heterocycles. The highest BCUT2D eigenvalue weighted by molar-refractivity contribution is 6.31. The second-order valence-electron chi connectivity index (χ2n) is 5.63. The fraction of sp³-hybridized carbons (Fsp3) is 0.158. The van der Waals surface area contributed by atoms with Gasteiger partial charge in [-0.3, -0.25) is 10.4 Å². The van der Waals surface area contributed by atoms with Crippen LogP contribution in [0.5, 0.6) is 0 Å². The Morgan fingerprint density at radius 3 is 2.76 bits per heavy atom. The predicted molar refractivity (Wildman–Crippen MR) is 105 cm³/mol. The zero-order chi connectivity index (χ0) is 17.6. The largest absolute Gasteiger partial charge is 0.395 e. The number of hydrogen-bond donors (Lipinski definition) is 2. The van der Waals surface area contributed by atoms with Gasteiger partial charge in [0.05, 0.1) is 24.0 Å². The number of hydrogen-bond acceptors (Lipinski definition) is 5. The summed E-state index contributed by atoms with van der Waals surface area (Å²) in [5, 5.41) is 14.9. The summed E-state index contributed by atoms with van der Waals surface area (Å²) in [6.07, 6.45) is 3.49. The van der Waals surface area contributed by atoms with Gasteiger partial charge in [0, 0.05) is 35.9 Å². The van der Waals surface area contributed by atoms with Gasteiger partial charge in [0.15, 0.2) is 0 Å². The quantitative estimate of drug-likeness (QED) is 0.522. The van der Waals surface area contributed by atoms with Crippen LogP contribution in [0.3, 0.4) is 0 Å². The van der Waals surface area contributed by atoms with E-state index < -0.39 is 0 Å². The molecule has 0 radical (unpaired) electrons. The first-order valence-corrected chi connectivity index (χ1v) is 8.30. The molecular weight excluding hydrogens is 336 g/mol. The number of anilines is 2. The molecule has 5 nitrogen and oxygen atoms in total. The molecule has 6 heteroatoms. The van der Waals surface area contributed by atoms with Crippen LogP contribution >= 0.6 is 11.6 Å². The molecule has 128 valence electrons. The lowest BCUT2D eigenvalue weighted by Crippen LogP contribution is -2.20. The van der Waals surface area contributed by atoms with Crippen molar-refractivity contribution >= 4 is 40.1 Å². The number of pyridine rings is 1. The smallest absolute Gasteiger partial charge is 0.0738 e. The molecule has 0 aliphatic rings. The molecule has 0 saturated heterocycles. The number of likely N-dealkylation sites (N-methyl/N-ethyl adjacent to an activating group) is 1. The van der Waals surface area contributed by atoms with Crippen molar-refractivity contribution in [2.45, 2.75) is 0 Å². The second kappa shape index (κ2) is 7.96. The maximum Gasteiger partial charge on any atom is 0.0738 e. The van der Waals surface area contributed by atoms with Crippen LogP contribution in [0.25, 0.3) is 10.9 Å². The number of aliphatic hydroxyl groups excluding tert-OH is 1. The first-order valence-electron chi connectivity index (χ1n) is 7.93. The Kier molecular flexibility index (Phi) is 5.48. The highest BCUT2D eigenvalue weighted by Gasteiger charge is 2.02. The van der Waals surface area contributed by atoms with E-state index in [1.807, 2.05) is 60.5 Å². The molecule has 0 unspecified atom stereocenters. The predicted octanol–water partition coefficient (Wildman–Crippen LogP) is 3.76. The molecule has 25 heavy (non-hydrogen) atoms. The van der Waals surface area contributed by atoms with Crippen molar-refractivity contribution in [1.82, 2.24) is 4.98 Å². The molecule has 3 rings (SSSR count). The van der Waals surface area contributed by atoms with Gasteiger partial charge in [-0.05, 0) is 42.0 Å². The number of aromatic nitrogens is 1. The lowest BCUT2D eigenvalue weighted by molar-refractivity contribution is 0.304. The van der Waals surface area contributed by atoms with Crippen molar-refractivity contribution < 1.29 is 5.11 Å². The number of benzene rings is 2. The summed E-state index contributed by atoms with van der Waals surface area (Å²) in [6, 6.07) is 15.4. The molecule has 3 aromatic rings. The zero-order valence-electron chi connectivity index (χ0n) is 13.9. The van der Waals surface area contributed by atoms with Crippen molar-refractivity contribution in [3.05, 3.63) is 65.3 Å². The Hall–Kier alpha value is -2.63. The van der Waals surface area contributed by atoms with Crippen LogP contribution in [-0.2, 0) is 0 Å². The Morgan fingerprint density at radius 1 is 1.20 bits per heavy atom. The summed E-state index contributed by atoms with van der Waals surface area (Å²) in [6.45, 7) is 0.739. The van der Waals surface area contributed by atoms with Crippen LogP contribution in [0.4, 0.5) is 11.4 Å². The third-order valence-corrected chi connectivity index (χ3v) is 4.11. The van der Waals surface area contributed by atoms with Crippen LogP contribution in [0.2, 0.25) is 5.02 Å². The summed E-state index contributed by atoms with van der Waals surface area (Å²) in [5.41, 5.74) is 6.79. The van der Waals surface area contributed by atoms with Crippen molar-refractivity contribution in [2.75, 3.05) is 30.5 Å². The van der Waals surface area contributed by atoms with Crippen LogP contribution in [-0.4, -0.2) is 36.5 Å². The summed E-state index contributed by atoms with van der Waals surface area (Å²) < 4.78 is 0. The lowest BCUT2D eigenvalue weighted by atomic mass is 10.2. The normalized spacial score (nSPS) is 11.2. The minimum Gasteiger partial charge on any atom is -0.395 e. The number of fused-ring (bicyclic) bond motifs is 1. The number of halogens is 1. The number of aliphatic hydroxyl groups is 1. The van der Waals surface area contributed by atoms with Gasteiger partial charge in [0.25, 0.3) is 0 Å². The fourth-order valence-corrected chi connectivity index (χ4v) is 2.66. The molecule has 0 aliphatic carbocycles. The van der Waals surface area contributed by atoms with Crippen molar-refractivity contribution in [3.8, 4) is 0 Å². The van der Waals surface area contributed by atoms with Gasteiger partial charge in [0.1, 0.15) is 0 Å². The Balaban J connectivity index is 1.71. The van der Waals surface area contributed by atoms with E-state index in [0.29, 0.717) is 11.6 Å². The molecule has 2 N–H and O–H groups in total. The third-order valence-electron chi connectivity index (χ3n) is 3.87. The molecule has 0 spiro atoms. The fourth-order valence-electron chi connectivity index (χ4n) is 2.49. The van der Waals surface area contributed by atoms with Gasteiger partial charge < -0.3 is 10.0 Å². The van der Waals surface area contributed by atoms with Crippen molar-refractivity contribution in [1.29, 1.82) is 0 Å². The molecule has 0 saturated carbocycles. The van der Waals surface area contributed by atoms with Gasteiger partial charge in [-0.15, -0.1) is 0 Å². The van der Waals surface area contributed by atoms with E-state index in [-0.39, 0.29) is 6.61 Å². The standard InChI is InChI=1S/C19H19ClN4O/c1-24(10-11-25)16-5-2-14(3-6-16)13-22-23-18-8-9-21-19-12-15(20)4-7-17(18)19/h2-9,12-13,25H,10-11H2,1H3,(H,21,23)/b22-13+. The summed E-state index contributed by atoms with van der Waals surface area (Å²) in [4.78, 5) is 6.30. The van der Waals surface area contributed by atoms with E-state index in [0.717, 1.165) is 27.8 Å². The highest BCUT2D eigenvalue weighted by Crippen LogP contribution is 2.24. The Bertz CT molecular complexity index is 880. The minimum atomic E-state index is 0.134. The van der Waals surface area contributed by atoms with E-state index >= 15 is 0 Å². The second-order valence-corrected chi connectivity index (χ2v) is 6.06. The Labute approximate surface area is 151 Å². The first-order chi connectivity index (χ1) is 12.2. The van der Waals surface area contributed by atoms with Crippen molar-refractivity contribution in [2.24, 2.45) is 5.10 Å². The van der Waals surface area contributed by atoms with Gasteiger partial charge in [-0.2, -0.15) is 5.10 Å². The van der Waals surface area contributed by atoms with E-state index in [2.05, 4.69) is 15.5 Å². The summed E-state index contributed by atoms with van der Waals surface area (Å²) >= 11 is 6.00. The number of nitrogens with one attached hydrogen (secondary N) is 1. The Morgan fingerprint density at radius 2 is 2.00 bits per heavy atom. The third kappa shape index (κ3) is 4.26. The molecule has 0 atom stereocenters. The van der Waals surface area contributed by atoms with Crippen LogP contribution in [0.15, 0.2) is 59.8 Å². The molecule has 0 amide bonds. The molecule has 2 aromatic carbocycles.